The molecule has 2 heterocycles. The van der Waals surface area contributed by atoms with Crippen LogP contribution in [0.2, 0.25) is 0 Å². The quantitative estimate of drug-likeness (QED) is 0.607. The van der Waals surface area contributed by atoms with Crippen LogP contribution in [0, 0.1) is 0 Å². The highest BCUT2D eigenvalue weighted by Crippen LogP contribution is 2.08. The molecule has 0 N–H and O–H groups in total. The van der Waals surface area contributed by atoms with Crippen LogP contribution in [0.1, 0.15) is 11.5 Å². The molecule has 94 valence electrons. The molecule has 2 aromatic rings. The van der Waals surface area contributed by atoms with Crippen LogP contribution >= 0.6 is 15.9 Å². The summed E-state index contributed by atoms with van der Waals surface area (Å²) in [5, 5.41) is 11.7. The molecule has 2 rings (SSSR count). The molecule has 0 bridgehead atoms. The standard InChI is InChI=1S/C10H10BrN5O2/c1-18-10(17)6-16-14-9(13-15-16)5-7-3-2-4-8(11)12-7/h2-4H,5-6H2,1H3. The summed E-state index contributed by atoms with van der Waals surface area (Å²) >= 11 is 3.29. The van der Waals surface area contributed by atoms with Crippen LogP contribution < -0.4 is 0 Å². The predicted octanol–water partition coefficient (Wildman–Crippen LogP) is 0.594. The molecule has 0 aliphatic carbocycles. The average Bonchev–Trinajstić information content (AvgIpc) is 2.76. The molecule has 0 aliphatic rings. The topological polar surface area (TPSA) is 82.8 Å². The van der Waals surface area contributed by atoms with Gasteiger partial charge in [-0.15, -0.1) is 10.2 Å². The number of hydrogen-bond acceptors (Lipinski definition) is 6. The molecule has 0 aliphatic heterocycles. The summed E-state index contributed by atoms with van der Waals surface area (Å²) in [7, 11) is 1.31. The number of pyridine rings is 1. The Balaban J connectivity index is 2.04. The van der Waals surface area contributed by atoms with E-state index in [1.54, 1.807) is 0 Å². The molecule has 0 spiro atoms. The van der Waals surface area contributed by atoms with Crippen molar-refractivity contribution >= 4 is 21.9 Å². The van der Waals surface area contributed by atoms with Crippen LogP contribution in [0.25, 0.3) is 0 Å². The molecule has 0 atom stereocenters. The molecule has 18 heavy (non-hydrogen) atoms. The predicted molar refractivity (Wildman–Crippen MR) is 64.6 cm³/mol. The van der Waals surface area contributed by atoms with Crippen molar-refractivity contribution in [2.24, 2.45) is 0 Å². The van der Waals surface area contributed by atoms with E-state index < -0.39 is 5.97 Å². The van der Waals surface area contributed by atoms with Gasteiger partial charge >= 0.3 is 5.97 Å². The lowest BCUT2D eigenvalue weighted by Gasteiger charge is -1.97. The number of methoxy groups -OCH3 is 1. The maximum Gasteiger partial charge on any atom is 0.329 e. The number of halogens is 1. The van der Waals surface area contributed by atoms with Crippen molar-refractivity contribution in [1.29, 1.82) is 0 Å². The van der Waals surface area contributed by atoms with Gasteiger partial charge in [-0.3, -0.25) is 0 Å². The number of aromatic nitrogens is 5. The average molecular weight is 312 g/mol. The first-order valence-electron chi connectivity index (χ1n) is 5.12. The van der Waals surface area contributed by atoms with Gasteiger partial charge in [0.25, 0.3) is 0 Å². The summed E-state index contributed by atoms with van der Waals surface area (Å²) in [4.78, 5) is 16.5. The van der Waals surface area contributed by atoms with Crippen LogP contribution in [0.15, 0.2) is 22.8 Å². The van der Waals surface area contributed by atoms with Gasteiger partial charge < -0.3 is 4.74 Å². The highest BCUT2D eigenvalue weighted by molar-refractivity contribution is 9.10. The molecule has 0 unspecified atom stereocenters. The molecule has 0 saturated heterocycles. The summed E-state index contributed by atoms with van der Waals surface area (Å²) in [6, 6.07) is 5.59. The normalized spacial score (nSPS) is 10.3. The second-order valence-electron chi connectivity index (χ2n) is 3.44. The van der Waals surface area contributed by atoms with Crippen molar-refractivity contribution in [2.75, 3.05) is 7.11 Å². The Morgan fingerprint density at radius 3 is 3.06 bits per heavy atom. The summed E-state index contributed by atoms with van der Waals surface area (Å²) in [5.74, 6) is 0.0871. The largest absolute Gasteiger partial charge is 0.468 e. The minimum atomic E-state index is -0.417. The van der Waals surface area contributed by atoms with Gasteiger partial charge in [0, 0.05) is 5.69 Å². The Bertz CT molecular complexity index is 557. The van der Waals surface area contributed by atoms with Gasteiger partial charge in [-0.05, 0) is 33.3 Å². The van der Waals surface area contributed by atoms with E-state index in [1.807, 2.05) is 18.2 Å². The van der Waals surface area contributed by atoms with Crippen LogP contribution in [-0.2, 0) is 22.5 Å². The number of nitrogens with zero attached hydrogens (tertiary/aromatic N) is 5. The number of tetrazole rings is 1. The first kappa shape index (κ1) is 12.6. The van der Waals surface area contributed by atoms with E-state index in [0.717, 1.165) is 10.3 Å². The van der Waals surface area contributed by atoms with Gasteiger partial charge in [0.1, 0.15) is 4.60 Å². The van der Waals surface area contributed by atoms with Crippen molar-refractivity contribution in [3.63, 3.8) is 0 Å². The first-order chi connectivity index (χ1) is 8.67. The summed E-state index contributed by atoms with van der Waals surface area (Å²) in [6.07, 6.45) is 0.459. The zero-order valence-corrected chi connectivity index (χ0v) is 11.2. The molecular weight excluding hydrogens is 302 g/mol. The SMILES string of the molecule is COC(=O)Cn1nnc(Cc2cccc(Br)n2)n1. The van der Waals surface area contributed by atoms with Gasteiger partial charge in [0.05, 0.1) is 13.5 Å². The third-order valence-electron chi connectivity index (χ3n) is 2.10. The Hall–Kier alpha value is -1.83. The molecule has 0 fully saturated rings. The van der Waals surface area contributed by atoms with E-state index in [-0.39, 0.29) is 6.54 Å². The van der Waals surface area contributed by atoms with E-state index in [9.17, 15) is 4.79 Å². The number of rotatable bonds is 4. The Morgan fingerprint density at radius 1 is 1.50 bits per heavy atom. The fraction of sp³-hybridized carbons (Fsp3) is 0.300. The molecule has 0 amide bonds. The van der Waals surface area contributed by atoms with E-state index >= 15 is 0 Å². The fourth-order valence-corrected chi connectivity index (χ4v) is 1.69. The third-order valence-corrected chi connectivity index (χ3v) is 2.55. The molecular formula is C10H10BrN5O2. The van der Waals surface area contributed by atoms with Gasteiger partial charge in [0.2, 0.25) is 0 Å². The van der Waals surface area contributed by atoms with Crippen molar-refractivity contribution in [1.82, 2.24) is 25.2 Å². The third kappa shape index (κ3) is 3.33. The number of esters is 1. The minimum Gasteiger partial charge on any atom is -0.468 e. The lowest BCUT2D eigenvalue weighted by molar-refractivity contribution is -0.141. The second-order valence-corrected chi connectivity index (χ2v) is 4.25. The van der Waals surface area contributed by atoms with Crippen molar-refractivity contribution < 1.29 is 9.53 Å². The number of ether oxygens (including phenoxy) is 1. The highest BCUT2D eigenvalue weighted by Gasteiger charge is 2.08. The van der Waals surface area contributed by atoms with E-state index in [1.165, 1.54) is 11.9 Å². The molecule has 0 radical (unpaired) electrons. The van der Waals surface area contributed by atoms with E-state index in [2.05, 4.69) is 41.1 Å². The maximum atomic E-state index is 11.0. The summed E-state index contributed by atoms with van der Waals surface area (Å²) in [5.41, 5.74) is 0.821. The minimum absolute atomic E-state index is 0.0462. The molecule has 7 nitrogen and oxygen atoms in total. The summed E-state index contributed by atoms with van der Waals surface area (Å²) < 4.78 is 5.26. The Labute approximate surface area is 111 Å². The monoisotopic (exact) mass is 311 g/mol. The van der Waals surface area contributed by atoms with Crippen LogP contribution in [-0.4, -0.2) is 38.3 Å². The van der Waals surface area contributed by atoms with Crippen molar-refractivity contribution in [3.05, 3.63) is 34.3 Å². The Morgan fingerprint density at radius 2 is 2.33 bits per heavy atom. The molecule has 8 heteroatoms. The fourth-order valence-electron chi connectivity index (χ4n) is 1.30. The smallest absolute Gasteiger partial charge is 0.329 e. The highest BCUT2D eigenvalue weighted by atomic mass is 79.9. The van der Waals surface area contributed by atoms with Gasteiger partial charge in [-0.25, -0.2) is 9.78 Å². The van der Waals surface area contributed by atoms with Crippen molar-refractivity contribution in [3.8, 4) is 0 Å². The number of hydrogen-bond donors (Lipinski definition) is 0. The first-order valence-corrected chi connectivity index (χ1v) is 5.91. The van der Waals surface area contributed by atoms with Crippen LogP contribution in [0.4, 0.5) is 0 Å². The van der Waals surface area contributed by atoms with E-state index in [4.69, 9.17) is 0 Å². The zero-order valence-electron chi connectivity index (χ0n) is 9.58. The van der Waals surface area contributed by atoms with Crippen molar-refractivity contribution in [2.45, 2.75) is 13.0 Å². The number of carbonyl (C=O) groups excluding carboxylic acids is 1. The van der Waals surface area contributed by atoms with E-state index in [0.29, 0.717) is 12.2 Å². The lowest BCUT2D eigenvalue weighted by atomic mass is 10.3. The Kier molecular flexibility index (Phi) is 3.98. The number of carbonyl (C=O) groups is 1. The van der Waals surface area contributed by atoms with Gasteiger partial charge in [0.15, 0.2) is 12.4 Å². The molecule has 0 saturated carbocycles. The van der Waals surface area contributed by atoms with Crippen LogP contribution in [0.5, 0.6) is 0 Å². The second kappa shape index (κ2) is 5.67. The van der Waals surface area contributed by atoms with Gasteiger partial charge in [-0.2, -0.15) is 4.80 Å². The van der Waals surface area contributed by atoms with Crippen LogP contribution in [0.3, 0.4) is 0 Å². The zero-order chi connectivity index (χ0) is 13.0. The van der Waals surface area contributed by atoms with Gasteiger partial charge in [-0.1, -0.05) is 6.07 Å². The molecule has 2 aromatic heterocycles. The summed E-state index contributed by atoms with van der Waals surface area (Å²) in [6.45, 7) is -0.0462. The lowest BCUT2D eigenvalue weighted by Crippen LogP contribution is -2.14. The maximum absolute atomic E-state index is 11.0. The molecule has 0 aromatic carbocycles.